The molecule has 3 aromatic rings. The minimum absolute atomic E-state index is 0.0660. The van der Waals surface area contributed by atoms with Crippen LogP contribution in [-0.4, -0.2) is 30.9 Å². The Kier molecular flexibility index (Phi) is 3.21. The monoisotopic (exact) mass is 283 g/mol. The third-order valence-corrected chi connectivity index (χ3v) is 3.12. The van der Waals surface area contributed by atoms with Gasteiger partial charge in [0.2, 0.25) is 0 Å². The molecule has 1 N–H and O–H groups in total. The number of nitrogens with zero attached hydrogens (tertiary/aromatic N) is 4. The first-order valence-electron chi connectivity index (χ1n) is 6.82. The Bertz CT molecular complexity index is 799. The van der Waals surface area contributed by atoms with Crippen LogP contribution in [0.4, 0.5) is 0 Å². The van der Waals surface area contributed by atoms with E-state index in [1.165, 1.54) is 0 Å². The number of hydrogen-bond donors (Lipinski definition) is 1. The Hall–Kier alpha value is -2.63. The van der Waals surface area contributed by atoms with E-state index in [1.807, 2.05) is 60.5 Å². The normalized spacial score (nSPS) is 11.2. The highest BCUT2D eigenvalue weighted by Crippen LogP contribution is 2.21. The van der Waals surface area contributed by atoms with Crippen molar-refractivity contribution in [3.8, 4) is 11.5 Å². The van der Waals surface area contributed by atoms with Crippen LogP contribution >= 0.6 is 0 Å². The maximum atomic E-state index is 12.3. The minimum atomic E-state index is -0.170. The fourth-order valence-corrected chi connectivity index (χ4v) is 2.24. The summed E-state index contributed by atoms with van der Waals surface area (Å²) >= 11 is 0. The number of nitrogens with one attached hydrogen (secondary N) is 1. The standard InChI is InChI=1S/C15H17N5O/c1-10(2)17-15(21)13-12-6-4-5-7-20(12)14(18-13)11-8-19(3)9-16-11/h4-10H,1-3H3,(H,17,21). The smallest absolute Gasteiger partial charge is 0.272 e. The molecule has 0 atom stereocenters. The summed E-state index contributed by atoms with van der Waals surface area (Å²) in [7, 11) is 1.90. The molecule has 0 saturated heterocycles. The van der Waals surface area contributed by atoms with E-state index in [0.29, 0.717) is 11.5 Å². The Morgan fingerprint density at radius 2 is 2.14 bits per heavy atom. The van der Waals surface area contributed by atoms with Crippen molar-refractivity contribution >= 4 is 11.4 Å². The number of carbonyl (C=O) groups excluding carboxylic acids is 1. The summed E-state index contributed by atoms with van der Waals surface area (Å²) in [5.41, 5.74) is 1.93. The molecule has 3 heterocycles. The summed E-state index contributed by atoms with van der Waals surface area (Å²) in [6, 6.07) is 5.75. The van der Waals surface area contributed by atoms with Gasteiger partial charge in [-0.3, -0.25) is 9.20 Å². The number of fused-ring (bicyclic) bond motifs is 1. The summed E-state index contributed by atoms with van der Waals surface area (Å²) in [6.07, 6.45) is 5.48. The molecule has 0 fully saturated rings. The first-order chi connectivity index (χ1) is 10.1. The first kappa shape index (κ1) is 13.4. The fourth-order valence-electron chi connectivity index (χ4n) is 2.24. The second kappa shape index (κ2) is 5.05. The van der Waals surface area contributed by atoms with Crippen LogP contribution in [-0.2, 0) is 7.05 Å². The van der Waals surface area contributed by atoms with Crippen LogP contribution in [0.15, 0.2) is 36.9 Å². The summed E-state index contributed by atoms with van der Waals surface area (Å²) < 4.78 is 3.74. The molecule has 0 aliphatic rings. The molecule has 0 spiro atoms. The molecule has 6 nitrogen and oxygen atoms in total. The lowest BCUT2D eigenvalue weighted by Gasteiger charge is -2.06. The van der Waals surface area contributed by atoms with Gasteiger partial charge in [0.25, 0.3) is 5.91 Å². The number of aromatic nitrogens is 4. The Morgan fingerprint density at radius 1 is 1.33 bits per heavy atom. The van der Waals surface area contributed by atoms with Gasteiger partial charge in [-0.25, -0.2) is 9.97 Å². The third-order valence-electron chi connectivity index (χ3n) is 3.12. The average molecular weight is 283 g/mol. The summed E-state index contributed by atoms with van der Waals surface area (Å²) in [5.74, 6) is 0.496. The quantitative estimate of drug-likeness (QED) is 0.798. The SMILES string of the molecule is CC(C)NC(=O)c1nc(-c2cn(C)cn2)n2ccccc12. The maximum Gasteiger partial charge on any atom is 0.272 e. The van der Waals surface area contributed by atoms with Crippen molar-refractivity contribution in [2.75, 3.05) is 0 Å². The Balaban J connectivity index is 2.16. The number of hydrogen-bond acceptors (Lipinski definition) is 3. The third kappa shape index (κ3) is 2.40. The van der Waals surface area contributed by atoms with Crippen LogP contribution in [0.3, 0.4) is 0 Å². The number of amides is 1. The number of carbonyl (C=O) groups is 1. The molecule has 3 aromatic heterocycles. The molecule has 0 saturated carbocycles. The van der Waals surface area contributed by atoms with Crippen LogP contribution < -0.4 is 5.32 Å². The summed E-state index contributed by atoms with van der Waals surface area (Å²) in [4.78, 5) is 21.1. The molecule has 0 radical (unpaired) electrons. The highest BCUT2D eigenvalue weighted by atomic mass is 16.2. The van der Waals surface area contributed by atoms with Crippen LogP contribution in [0, 0.1) is 0 Å². The van der Waals surface area contributed by atoms with Gasteiger partial charge in [0, 0.05) is 25.5 Å². The number of aryl methyl sites for hydroxylation is 1. The van der Waals surface area contributed by atoms with Crippen molar-refractivity contribution in [1.29, 1.82) is 0 Å². The zero-order valence-electron chi connectivity index (χ0n) is 12.2. The van der Waals surface area contributed by atoms with Gasteiger partial charge in [-0.05, 0) is 26.0 Å². The van der Waals surface area contributed by atoms with E-state index in [2.05, 4.69) is 15.3 Å². The van der Waals surface area contributed by atoms with E-state index in [0.717, 1.165) is 11.2 Å². The predicted molar refractivity (Wildman–Crippen MR) is 80.0 cm³/mol. The van der Waals surface area contributed by atoms with Crippen molar-refractivity contribution in [2.45, 2.75) is 19.9 Å². The molecule has 108 valence electrons. The Labute approximate surface area is 122 Å². The maximum absolute atomic E-state index is 12.3. The molecule has 0 unspecified atom stereocenters. The van der Waals surface area contributed by atoms with Crippen molar-refractivity contribution in [3.63, 3.8) is 0 Å². The molecule has 0 aliphatic heterocycles. The van der Waals surface area contributed by atoms with E-state index in [9.17, 15) is 4.79 Å². The highest BCUT2D eigenvalue weighted by Gasteiger charge is 2.19. The molecule has 0 bridgehead atoms. The fraction of sp³-hybridized carbons (Fsp3) is 0.267. The van der Waals surface area contributed by atoms with Gasteiger partial charge in [0.15, 0.2) is 11.5 Å². The van der Waals surface area contributed by atoms with Crippen LogP contribution in [0.1, 0.15) is 24.3 Å². The molecule has 0 aliphatic carbocycles. The molecular formula is C15H17N5O. The summed E-state index contributed by atoms with van der Waals surface area (Å²) in [5, 5.41) is 2.88. The first-order valence-corrected chi connectivity index (χ1v) is 6.82. The van der Waals surface area contributed by atoms with Crippen molar-refractivity contribution in [1.82, 2.24) is 24.3 Å². The van der Waals surface area contributed by atoms with E-state index in [-0.39, 0.29) is 11.9 Å². The summed E-state index contributed by atoms with van der Waals surface area (Å²) in [6.45, 7) is 3.85. The molecule has 21 heavy (non-hydrogen) atoms. The Morgan fingerprint density at radius 3 is 2.81 bits per heavy atom. The van der Waals surface area contributed by atoms with E-state index in [1.54, 1.807) is 6.33 Å². The van der Waals surface area contributed by atoms with Crippen molar-refractivity contribution in [2.24, 2.45) is 7.05 Å². The van der Waals surface area contributed by atoms with Crippen molar-refractivity contribution < 1.29 is 4.79 Å². The van der Waals surface area contributed by atoms with Crippen LogP contribution in [0.2, 0.25) is 0 Å². The number of rotatable bonds is 3. The van der Waals surface area contributed by atoms with Gasteiger partial charge in [0.05, 0.1) is 11.8 Å². The lowest BCUT2D eigenvalue weighted by atomic mass is 10.3. The van der Waals surface area contributed by atoms with Crippen LogP contribution in [0.5, 0.6) is 0 Å². The second-order valence-electron chi connectivity index (χ2n) is 5.29. The second-order valence-corrected chi connectivity index (χ2v) is 5.29. The molecule has 6 heteroatoms. The van der Waals surface area contributed by atoms with Gasteiger partial charge in [-0.15, -0.1) is 0 Å². The highest BCUT2D eigenvalue weighted by molar-refractivity contribution is 6.00. The van der Waals surface area contributed by atoms with Gasteiger partial charge < -0.3 is 9.88 Å². The zero-order chi connectivity index (χ0) is 15.0. The van der Waals surface area contributed by atoms with E-state index < -0.39 is 0 Å². The van der Waals surface area contributed by atoms with Gasteiger partial charge >= 0.3 is 0 Å². The van der Waals surface area contributed by atoms with Crippen molar-refractivity contribution in [3.05, 3.63) is 42.6 Å². The van der Waals surface area contributed by atoms with Gasteiger partial charge in [0.1, 0.15) is 5.69 Å². The molecule has 3 rings (SSSR count). The lowest BCUT2D eigenvalue weighted by molar-refractivity contribution is 0.0940. The molecular weight excluding hydrogens is 266 g/mol. The molecule has 0 aromatic carbocycles. The minimum Gasteiger partial charge on any atom is -0.348 e. The van der Waals surface area contributed by atoms with Gasteiger partial charge in [-0.1, -0.05) is 6.07 Å². The van der Waals surface area contributed by atoms with E-state index >= 15 is 0 Å². The topological polar surface area (TPSA) is 64.2 Å². The molecule has 1 amide bonds. The number of imidazole rings is 2. The zero-order valence-corrected chi connectivity index (χ0v) is 12.2. The van der Waals surface area contributed by atoms with Crippen LogP contribution in [0.25, 0.3) is 17.0 Å². The van der Waals surface area contributed by atoms with Gasteiger partial charge in [-0.2, -0.15) is 0 Å². The largest absolute Gasteiger partial charge is 0.348 e. The van der Waals surface area contributed by atoms with E-state index in [4.69, 9.17) is 0 Å². The average Bonchev–Trinajstić information content (AvgIpc) is 3.01. The number of pyridine rings is 1. The lowest BCUT2D eigenvalue weighted by Crippen LogP contribution is -2.30. The predicted octanol–water partition coefficient (Wildman–Crippen LogP) is 1.87.